The number of nitrogens with one attached hydrogen (secondary N) is 2. The molecule has 1 aliphatic heterocycles. The molecule has 0 aromatic heterocycles. The molecule has 1 amide bonds. The fourth-order valence-electron chi connectivity index (χ4n) is 3.07. The summed E-state index contributed by atoms with van der Waals surface area (Å²) in [5.74, 6) is -0.239. The highest BCUT2D eigenvalue weighted by atomic mass is 16.5. The summed E-state index contributed by atoms with van der Waals surface area (Å²) in [5, 5.41) is 16.3. The highest BCUT2D eigenvalue weighted by Crippen LogP contribution is 2.40. The zero-order valence-corrected chi connectivity index (χ0v) is 14.8. The summed E-state index contributed by atoms with van der Waals surface area (Å²) < 4.78 is 10.2. The van der Waals surface area contributed by atoms with Crippen LogP contribution in [-0.4, -0.2) is 31.8 Å². The number of methoxy groups -OCH3 is 2. The molecule has 0 spiro atoms. The van der Waals surface area contributed by atoms with Crippen LogP contribution in [0.2, 0.25) is 0 Å². The SMILES string of the molecule is COc1ccc(C(=O)Nc2ccc3c(c2)NCC3(C)C)c(OC)c1O. The van der Waals surface area contributed by atoms with Crippen molar-refractivity contribution in [1.82, 2.24) is 0 Å². The van der Waals surface area contributed by atoms with Gasteiger partial charge in [-0.05, 0) is 29.8 Å². The predicted octanol–water partition coefficient (Wildman–Crippen LogP) is 3.36. The predicted molar refractivity (Wildman–Crippen MR) is 97.1 cm³/mol. The maximum absolute atomic E-state index is 12.6. The Morgan fingerprint density at radius 2 is 1.96 bits per heavy atom. The molecule has 3 rings (SSSR count). The van der Waals surface area contributed by atoms with Gasteiger partial charge in [-0.2, -0.15) is 0 Å². The third kappa shape index (κ3) is 2.95. The number of phenols is 1. The Labute approximate surface area is 146 Å². The summed E-state index contributed by atoms with van der Waals surface area (Å²) >= 11 is 0. The first-order valence-electron chi connectivity index (χ1n) is 8.01. The number of rotatable bonds is 4. The van der Waals surface area contributed by atoms with Crippen LogP contribution in [0.25, 0.3) is 0 Å². The van der Waals surface area contributed by atoms with E-state index in [1.54, 1.807) is 6.07 Å². The minimum atomic E-state index is -0.369. The molecule has 2 aromatic carbocycles. The molecule has 0 aliphatic carbocycles. The Kier molecular flexibility index (Phi) is 4.20. The van der Waals surface area contributed by atoms with E-state index in [1.165, 1.54) is 25.8 Å². The standard InChI is InChI=1S/C19H22N2O4/c1-19(2)10-20-14-9-11(5-7-13(14)19)21-18(23)12-6-8-15(24-3)16(22)17(12)25-4/h5-9,20,22H,10H2,1-4H3,(H,21,23). The van der Waals surface area contributed by atoms with Crippen LogP contribution in [0.5, 0.6) is 17.2 Å². The molecule has 1 aliphatic rings. The van der Waals surface area contributed by atoms with Gasteiger partial charge in [-0.25, -0.2) is 0 Å². The van der Waals surface area contributed by atoms with Gasteiger partial charge >= 0.3 is 0 Å². The van der Waals surface area contributed by atoms with Gasteiger partial charge in [0, 0.05) is 23.3 Å². The third-order valence-corrected chi connectivity index (χ3v) is 4.49. The first kappa shape index (κ1) is 17.0. The average molecular weight is 342 g/mol. The van der Waals surface area contributed by atoms with Crippen molar-refractivity contribution in [1.29, 1.82) is 0 Å². The summed E-state index contributed by atoms with van der Waals surface area (Å²) in [6.45, 7) is 5.21. The molecule has 0 unspecified atom stereocenters. The highest BCUT2D eigenvalue weighted by molar-refractivity contribution is 6.07. The lowest BCUT2D eigenvalue weighted by Crippen LogP contribution is -2.18. The van der Waals surface area contributed by atoms with Crippen molar-refractivity contribution in [3.05, 3.63) is 41.5 Å². The number of phenolic OH excluding ortho intramolecular Hbond substituents is 1. The number of hydrogen-bond acceptors (Lipinski definition) is 5. The normalized spacial score (nSPS) is 14.4. The molecular weight excluding hydrogens is 320 g/mol. The van der Waals surface area contributed by atoms with Crippen molar-refractivity contribution in [2.24, 2.45) is 0 Å². The lowest BCUT2D eigenvalue weighted by molar-refractivity contribution is 0.102. The van der Waals surface area contributed by atoms with E-state index in [2.05, 4.69) is 24.5 Å². The van der Waals surface area contributed by atoms with Crippen molar-refractivity contribution in [2.45, 2.75) is 19.3 Å². The van der Waals surface area contributed by atoms with Crippen LogP contribution in [0.3, 0.4) is 0 Å². The average Bonchev–Trinajstić information content (AvgIpc) is 2.89. The molecule has 1 heterocycles. The van der Waals surface area contributed by atoms with Crippen molar-refractivity contribution in [2.75, 3.05) is 31.4 Å². The van der Waals surface area contributed by atoms with Gasteiger partial charge in [0.15, 0.2) is 11.5 Å². The summed E-state index contributed by atoms with van der Waals surface area (Å²) in [6.07, 6.45) is 0. The first-order valence-corrected chi connectivity index (χ1v) is 8.01. The Balaban J connectivity index is 1.88. The fourth-order valence-corrected chi connectivity index (χ4v) is 3.07. The van der Waals surface area contributed by atoms with Gasteiger partial charge in [-0.3, -0.25) is 4.79 Å². The van der Waals surface area contributed by atoms with E-state index in [-0.39, 0.29) is 34.1 Å². The third-order valence-electron chi connectivity index (χ3n) is 4.49. The second-order valence-electron chi connectivity index (χ2n) is 6.65. The van der Waals surface area contributed by atoms with Gasteiger partial charge in [-0.15, -0.1) is 0 Å². The molecular formula is C19H22N2O4. The lowest BCUT2D eigenvalue weighted by atomic mass is 9.87. The molecule has 25 heavy (non-hydrogen) atoms. The van der Waals surface area contributed by atoms with Gasteiger partial charge in [0.05, 0.1) is 19.8 Å². The number of amides is 1. The van der Waals surface area contributed by atoms with Crippen LogP contribution < -0.4 is 20.1 Å². The van der Waals surface area contributed by atoms with Gasteiger partial charge < -0.3 is 25.2 Å². The summed E-state index contributed by atoms with van der Waals surface area (Å²) in [4.78, 5) is 12.6. The highest BCUT2D eigenvalue weighted by Gasteiger charge is 2.29. The van der Waals surface area contributed by atoms with E-state index in [9.17, 15) is 9.90 Å². The van der Waals surface area contributed by atoms with Crippen LogP contribution in [0.4, 0.5) is 11.4 Å². The number of benzene rings is 2. The van der Waals surface area contributed by atoms with Crippen LogP contribution in [0, 0.1) is 0 Å². The topological polar surface area (TPSA) is 79.8 Å². The quantitative estimate of drug-likeness (QED) is 0.794. The van der Waals surface area contributed by atoms with E-state index in [0.717, 1.165) is 12.2 Å². The van der Waals surface area contributed by atoms with Crippen molar-refractivity contribution < 1.29 is 19.4 Å². The Bertz CT molecular complexity index is 830. The van der Waals surface area contributed by atoms with E-state index < -0.39 is 0 Å². The molecule has 0 fully saturated rings. The molecule has 3 N–H and O–H groups in total. The molecule has 0 radical (unpaired) electrons. The number of fused-ring (bicyclic) bond motifs is 1. The van der Waals surface area contributed by atoms with E-state index >= 15 is 0 Å². The van der Waals surface area contributed by atoms with Crippen LogP contribution in [-0.2, 0) is 5.41 Å². The number of aromatic hydroxyl groups is 1. The second kappa shape index (κ2) is 6.20. The van der Waals surface area contributed by atoms with Crippen molar-refractivity contribution >= 4 is 17.3 Å². The molecule has 6 heteroatoms. The monoisotopic (exact) mass is 342 g/mol. The molecule has 0 atom stereocenters. The summed E-state index contributed by atoms with van der Waals surface area (Å²) in [7, 11) is 2.83. The maximum Gasteiger partial charge on any atom is 0.259 e. The smallest absolute Gasteiger partial charge is 0.259 e. The summed E-state index contributed by atoms with van der Waals surface area (Å²) in [5.41, 5.74) is 3.22. The van der Waals surface area contributed by atoms with E-state index in [0.29, 0.717) is 5.69 Å². The number of carbonyl (C=O) groups excluding carboxylic acids is 1. The zero-order valence-electron chi connectivity index (χ0n) is 14.8. The van der Waals surface area contributed by atoms with Crippen molar-refractivity contribution in [3.8, 4) is 17.2 Å². The Morgan fingerprint density at radius 3 is 2.64 bits per heavy atom. The van der Waals surface area contributed by atoms with E-state index in [4.69, 9.17) is 9.47 Å². The molecule has 0 bridgehead atoms. The van der Waals surface area contributed by atoms with Crippen LogP contribution in [0.1, 0.15) is 29.8 Å². The number of hydrogen-bond donors (Lipinski definition) is 3. The molecule has 6 nitrogen and oxygen atoms in total. The number of ether oxygens (including phenoxy) is 2. The van der Waals surface area contributed by atoms with Gasteiger partial charge in [0.25, 0.3) is 5.91 Å². The first-order chi connectivity index (χ1) is 11.9. The van der Waals surface area contributed by atoms with Gasteiger partial charge in [-0.1, -0.05) is 19.9 Å². The molecule has 2 aromatic rings. The fraction of sp³-hybridized carbons (Fsp3) is 0.316. The second-order valence-corrected chi connectivity index (χ2v) is 6.65. The minimum Gasteiger partial charge on any atom is -0.502 e. The minimum absolute atomic E-state index is 0.0723. The number of carbonyl (C=O) groups is 1. The zero-order chi connectivity index (χ0) is 18.2. The largest absolute Gasteiger partial charge is 0.502 e. The van der Waals surface area contributed by atoms with Crippen molar-refractivity contribution in [3.63, 3.8) is 0 Å². The van der Waals surface area contributed by atoms with Crippen LogP contribution >= 0.6 is 0 Å². The van der Waals surface area contributed by atoms with Crippen LogP contribution in [0.15, 0.2) is 30.3 Å². The van der Waals surface area contributed by atoms with Gasteiger partial charge in [0.2, 0.25) is 5.75 Å². The maximum atomic E-state index is 12.6. The van der Waals surface area contributed by atoms with Gasteiger partial charge in [0.1, 0.15) is 0 Å². The molecule has 0 saturated carbocycles. The summed E-state index contributed by atoms with van der Waals surface area (Å²) in [6, 6.07) is 8.90. The Morgan fingerprint density at radius 1 is 1.20 bits per heavy atom. The number of anilines is 2. The molecule has 132 valence electrons. The molecule has 0 saturated heterocycles. The lowest BCUT2D eigenvalue weighted by Gasteiger charge is -2.17. The Hall–Kier alpha value is -2.89. The van der Waals surface area contributed by atoms with E-state index in [1.807, 2.05) is 18.2 Å².